The highest BCUT2D eigenvalue weighted by molar-refractivity contribution is 5.32. The van der Waals surface area contributed by atoms with Gasteiger partial charge in [0.2, 0.25) is 0 Å². The molecule has 0 saturated carbocycles. The summed E-state index contributed by atoms with van der Waals surface area (Å²) in [5.74, 6) is 1.49. The van der Waals surface area contributed by atoms with Crippen molar-refractivity contribution < 1.29 is 27.0 Å². The van der Waals surface area contributed by atoms with Crippen molar-refractivity contribution in [1.82, 2.24) is 9.80 Å². The van der Waals surface area contributed by atoms with Crippen molar-refractivity contribution in [3.63, 3.8) is 0 Å². The molecule has 0 amide bonds. The molecule has 0 aromatic heterocycles. The average Bonchev–Trinajstić information content (AvgIpc) is 2.54. The number of halogens is 1. The van der Waals surface area contributed by atoms with Crippen LogP contribution in [0.1, 0.15) is 6.92 Å². The topological polar surface area (TPSA) is 45.2 Å². The first kappa shape index (κ1) is 19.0. The number of methoxy groups -OCH3 is 1. The standard InChI is InChI=1S/C16H26N2O3.ClH/c1-3-17-7-9-18(10-8-17)12-14(19)13-21-16-6-4-5-15(11-16)20-2;/h4-6,11,14,19H,3,7-10,12-13H2,1-2H3;1H/p-1. The Morgan fingerprint density at radius 3 is 2.41 bits per heavy atom. The highest BCUT2D eigenvalue weighted by atomic mass is 35.5. The van der Waals surface area contributed by atoms with Crippen LogP contribution in [0.25, 0.3) is 0 Å². The van der Waals surface area contributed by atoms with Gasteiger partial charge in [-0.2, -0.15) is 0 Å². The van der Waals surface area contributed by atoms with Crippen molar-refractivity contribution in [3.05, 3.63) is 24.3 Å². The van der Waals surface area contributed by atoms with E-state index in [-0.39, 0.29) is 12.4 Å². The van der Waals surface area contributed by atoms with E-state index < -0.39 is 6.10 Å². The molecule has 1 aliphatic rings. The molecule has 126 valence electrons. The Morgan fingerprint density at radius 1 is 1.14 bits per heavy atom. The van der Waals surface area contributed by atoms with E-state index in [1.807, 2.05) is 24.3 Å². The second-order valence-corrected chi connectivity index (χ2v) is 5.38. The summed E-state index contributed by atoms with van der Waals surface area (Å²) in [6.45, 7) is 8.47. The fraction of sp³-hybridized carbons (Fsp3) is 0.625. The maximum atomic E-state index is 10.1. The molecule has 1 N–H and O–H groups in total. The smallest absolute Gasteiger partial charge is 0.123 e. The molecule has 1 atom stereocenters. The van der Waals surface area contributed by atoms with Crippen LogP contribution in [0.2, 0.25) is 0 Å². The van der Waals surface area contributed by atoms with Crippen LogP contribution >= 0.6 is 0 Å². The number of hydrogen-bond donors (Lipinski definition) is 1. The molecule has 2 rings (SSSR count). The Kier molecular flexibility index (Phi) is 8.56. The second kappa shape index (κ2) is 9.90. The van der Waals surface area contributed by atoms with Crippen LogP contribution in [-0.4, -0.2) is 74.0 Å². The van der Waals surface area contributed by atoms with Crippen molar-refractivity contribution in [2.75, 3.05) is 53.0 Å². The van der Waals surface area contributed by atoms with Crippen LogP contribution in [0, 0.1) is 0 Å². The highest BCUT2D eigenvalue weighted by Gasteiger charge is 2.18. The normalized spacial score (nSPS) is 17.6. The molecule has 1 fully saturated rings. The third-order valence-electron chi connectivity index (χ3n) is 3.86. The lowest BCUT2D eigenvalue weighted by molar-refractivity contribution is -0.00000737. The van der Waals surface area contributed by atoms with Gasteiger partial charge in [0, 0.05) is 38.8 Å². The minimum absolute atomic E-state index is 0. The van der Waals surface area contributed by atoms with Gasteiger partial charge in [-0.15, -0.1) is 0 Å². The zero-order valence-electron chi connectivity index (χ0n) is 13.4. The molecule has 1 aromatic rings. The molecule has 0 spiro atoms. The number of hydrogen-bond acceptors (Lipinski definition) is 5. The third kappa shape index (κ3) is 6.01. The van der Waals surface area contributed by atoms with Gasteiger partial charge >= 0.3 is 0 Å². The van der Waals surface area contributed by atoms with Crippen molar-refractivity contribution in [1.29, 1.82) is 0 Å². The molecule has 1 saturated heterocycles. The lowest BCUT2D eigenvalue weighted by Crippen LogP contribution is -3.00. The zero-order valence-corrected chi connectivity index (χ0v) is 14.1. The molecule has 0 bridgehead atoms. The number of nitrogens with zero attached hydrogens (tertiary/aromatic N) is 2. The first-order valence-electron chi connectivity index (χ1n) is 7.61. The summed E-state index contributed by atoms with van der Waals surface area (Å²) >= 11 is 0. The Bertz CT molecular complexity index is 426. The zero-order chi connectivity index (χ0) is 15.1. The molecule has 5 nitrogen and oxygen atoms in total. The fourth-order valence-corrected chi connectivity index (χ4v) is 2.52. The molecular formula is C16H26ClN2O3-. The van der Waals surface area contributed by atoms with Crippen molar-refractivity contribution in [2.24, 2.45) is 0 Å². The number of ether oxygens (including phenoxy) is 2. The fourth-order valence-electron chi connectivity index (χ4n) is 2.52. The molecule has 1 unspecified atom stereocenters. The van der Waals surface area contributed by atoms with E-state index in [1.165, 1.54) is 0 Å². The van der Waals surface area contributed by atoms with E-state index in [9.17, 15) is 5.11 Å². The monoisotopic (exact) mass is 329 g/mol. The van der Waals surface area contributed by atoms with Crippen LogP contribution in [0.4, 0.5) is 0 Å². The predicted molar refractivity (Wildman–Crippen MR) is 83.0 cm³/mol. The molecule has 0 radical (unpaired) electrons. The third-order valence-corrected chi connectivity index (χ3v) is 3.86. The van der Waals surface area contributed by atoms with E-state index in [4.69, 9.17) is 9.47 Å². The van der Waals surface area contributed by atoms with Crippen LogP contribution < -0.4 is 21.9 Å². The molecule has 22 heavy (non-hydrogen) atoms. The summed E-state index contributed by atoms with van der Waals surface area (Å²) in [6.07, 6.45) is -0.468. The minimum Gasteiger partial charge on any atom is -1.00 e. The van der Waals surface area contributed by atoms with E-state index in [0.717, 1.165) is 44.2 Å². The highest BCUT2D eigenvalue weighted by Crippen LogP contribution is 2.19. The second-order valence-electron chi connectivity index (χ2n) is 5.38. The Balaban J connectivity index is 0.00000242. The number of likely N-dealkylation sites (N-methyl/N-ethyl adjacent to an activating group) is 1. The Hall–Kier alpha value is -1.01. The maximum Gasteiger partial charge on any atom is 0.123 e. The lowest BCUT2D eigenvalue weighted by atomic mass is 10.2. The molecule has 1 heterocycles. The number of benzene rings is 1. The van der Waals surface area contributed by atoms with Gasteiger partial charge in [0.25, 0.3) is 0 Å². The van der Waals surface area contributed by atoms with Crippen molar-refractivity contribution >= 4 is 0 Å². The average molecular weight is 330 g/mol. The lowest BCUT2D eigenvalue weighted by Gasteiger charge is -2.34. The van der Waals surface area contributed by atoms with Crippen LogP contribution in [0.5, 0.6) is 11.5 Å². The molecule has 1 aromatic carbocycles. The van der Waals surface area contributed by atoms with Gasteiger partial charge in [-0.3, -0.25) is 4.90 Å². The molecule has 0 aliphatic carbocycles. The molecule has 1 aliphatic heterocycles. The van der Waals surface area contributed by atoms with Gasteiger partial charge in [0.1, 0.15) is 24.2 Å². The van der Waals surface area contributed by atoms with Gasteiger partial charge < -0.3 is 31.9 Å². The van der Waals surface area contributed by atoms with Crippen LogP contribution in [0.15, 0.2) is 24.3 Å². The van der Waals surface area contributed by atoms with E-state index >= 15 is 0 Å². The van der Waals surface area contributed by atoms with Gasteiger partial charge in [-0.05, 0) is 18.7 Å². The molecule has 6 heteroatoms. The number of aliphatic hydroxyl groups excluding tert-OH is 1. The summed E-state index contributed by atoms with van der Waals surface area (Å²) in [7, 11) is 1.63. The predicted octanol–water partition coefficient (Wildman–Crippen LogP) is -1.92. The Morgan fingerprint density at radius 2 is 1.77 bits per heavy atom. The van der Waals surface area contributed by atoms with Gasteiger partial charge in [0.15, 0.2) is 0 Å². The summed E-state index contributed by atoms with van der Waals surface area (Å²) in [5, 5.41) is 10.1. The summed E-state index contributed by atoms with van der Waals surface area (Å²) in [5.41, 5.74) is 0. The van der Waals surface area contributed by atoms with E-state index in [1.54, 1.807) is 7.11 Å². The van der Waals surface area contributed by atoms with Crippen molar-refractivity contribution in [3.8, 4) is 11.5 Å². The number of aliphatic hydroxyl groups is 1. The summed E-state index contributed by atoms with van der Waals surface area (Å²) in [6, 6.07) is 7.45. The number of β-amino-alcohol motifs (C(OH)–C–C–N with tert-alkyl or cyclic N) is 1. The SMILES string of the molecule is CCN1CCN(CC(O)COc2cccc(OC)c2)CC1.[Cl-]. The minimum atomic E-state index is -0.468. The largest absolute Gasteiger partial charge is 1.00 e. The molecular weight excluding hydrogens is 304 g/mol. The van der Waals surface area contributed by atoms with Gasteiger partial charge in [-0.1, -0.05) is 13.0 Å². The quantitative estimate of drug-likeness (QED) is 0.632. The Labute approximate surface area is 139 Å². The first-order chi connectivity index (χ1) is 10.2. The summed E-state index contributed by atoms with van der Waals surface area (Å²) < 4.78 is 10.8. The first-order valence-corrected chi connectivity index (χ1v) is 7.61. The van der Waals surface area contributed by atoms with Gasteiger partial charge in [-0.25, -0.2) is 0 Å². The number of rotatable bonds is 7. The maximum absolute atomic E-state index is 10.1. The van der Waals surface area contributed by atoms with Gasteiger partial charge in [0.05, 0.1) is 7.11 Å². The summed E-state index contributed by atoms with van der Waals surface area (Å²) in [4.78, 5) is 4.72. The number of piperazine rings is 1. The van der Waals surface area contributed by atoms with Crippen LogP contribution in [-0.2, 0) is 0 Å². The van der Waals surface area contributed by atoms with E-state index in [0.29, 0.717) is 13.2 Å². The van der Waals surface area contributed by atoms with Crippen molar-refractivity contribution in [2.45, 2.75) is 13.0 Å². The van der Waals surface area contributed by atoms with Crippen LogP contribution in [0.3, 0.4) is 0 Å². The van der Waals surface area contributed by atoms with E-state index in [2.05, 4.69) is 16.7 Å².